The summed E-state index contributed by atoms with van der Waals surface area (Å²) in [5.41, 5.74) is 0. The molecule has 0 rings (SSSR count). The zero-order valence-electron chi connectivity index (χ0n) is 9.29. The average molecular weight is 285 g/mol. The minimum Gasteiger partial charge on any atom is -0.229 e. The van der Waals surface area contributed by atoms with Crippen LogP contribution in [0.1, 0.15) is 33.6 Å². The third-order valence-electron chi connectivity index (χ3n) is 2.42. The van der Waals surface area contributed by atoms with Crippen molar-refractivity contribution in [3.63, 3.8) is 0 Å². The smallest absolute Gasteiger partial charge is 0.150 e. The predicted octanol–water partition coefficient (Wildman–Crippen LogP) is 2.87. The van der Waals surface area contributed by atoms with Crippen LogP contribution in [0, 0.1) is 11.8 Å². The molecule has 0 saturated carbocycles. The Morgan fingerprint density at radius 1 is 1.29 bits per heavy atom. The van der Waals surface area contributed by atoms with E-state index in [1.165, 1.54) is 0 Å². The van der Waals surface area contributed by atoms with Gasteiger partial charge in [-0.2, -0.15) is 0 Å². The van der Waals surface area contributed by atoms with Crippen molar-refractivity contribution in [2.45, 2.75) is 33.6 Å². The molecule has 86 valence electrons. The molecule has 0 aromatic rings. The third kappa shape index (κ3) is 6.02. The average Bonchev–Trinajstić information content (AvgIpc) is 2.10. The highest BCUT2D eigenvalue weighted by Crippen LogP contribution is 2.16. The second-order valence-corrected chi connectivity index (χ2v) is 7.00. The first-order chi connectivity index (χ1) is 6.43. The molecule has 0 saturated heterocycles. The minimum atomic E-state index is -2.83. The van der Waals surface area contributed by atoms with Gasteiger partial charge in [-0.05, 0) is 18.3 Å². The SMILES string of the molecule is CCCCS(=O)(=O)CC(CBr)C(C)C. The van der Waals surface area contributed by atoms with Gasteiger partial charge in [0.15, 0.2) is 9.84 Å². The molecule has 0 aromatic carbocycles. The first kappa shape index (κ1) is 14.4. The Morgan fingerprint density at radius 3 is 2.21 bits per heavy atom. The van der Waals surface area contributed by atoms with Gasteiger partial charge in [0.25, 0.3) is 0 Å². The number of unbranched alkanes of at least 4 members (excludes halogenated alkanes) is 1. The molecule has 0 radical (unpaired) electrons. The number of hydrogen-bond acceptors (Lipinski definition) is 2. The van der Waals surface area contributed by atoms with Gasteiger partial charge in [-0.3, -0.25) is 0 Å². The highest BCUT2D eigenvalue weighted by molar-refractivity contribution is 9.09. The quantitative estimate of drug-likeness (QED) is 0.674. The van der Waals surface area contributed by atoms with E-state index < -0.39 is 9.84 Å². The molecule has 14 heavy (non-hydrogen) atoms. The Balaban J connectivity index is 4.18. The van der Waals surface area contributed by atoms with E-state index in [0.717, 1.165) is 18.2 Å². The third-order valence-corrected chi connectivity index (χ3v) is 5.10. The molecule has 0 aliphatic heterocycles. The summed E-state index contributed by atoms with van der Waals surface area (Å²) in [5.74, 6) is 1.35. The van der Waals surface area contributed by atoms with Crippen LogP contribution in [0.2, 0.25) is 0 Å². The molecule has 0 aromatic heterocycles. The van der Waals surface area contributed by atoms with Crippen LogP contribution >= 0.6 is 15.9 Å². The fourth-order valence-electron chi connectivity index (χ4n) is 1.19. The number of rotatable bonds is 7. The molecule has 2 nitrogen and oxygen atoms in total. The van der Waals surface area contributed by atoms with E-state index in [1.807, 2.05) is 6.92 Å². The first-order valence-corrected chi connectivity index (χ1v) is 8.13. The van der Waals surface area contributed by atoms with Crippen LogP contribution in [0.4, 0.5) is 0 Å². The van der Waals surface area contributed by atoms with Gasteiger partial charge in [0.05, 0.1) is 11.5 Å². The van der Waals surface area contributed by atoms with Gasteiger partial charge in [0.1, 0.15) is 0 Å². The highest BCUT2D eigenvalue weighted by Gasteiger charge is 2.20. The van der Waals surface area contributed by atoms with Crippen LogP contribution in [0.5, 0.6) is 0 Å². The number of halogens is 1. The van der Waals surface area contributed by atoms with E-state index in [2.05, 4.69) is 29.8 Å². The van der Waals surface area contributed by atoms with Crippen molar-refractivity contribution in [1.82, 2.24) is 0 Å². The molecule has 1 unspecified atom stereocenters. The summed E-state index contributed by atoms with van der Waals surface area (Å²) in [4.78, 5) is 0. The van der Waals surface area contributed by atoms with Crippen molar-refractivity contribution in [3.8, 4) is 0 Å². The second-order valence-electron chi connectivity index (χ2n) is 4.13. The van der Waals surface area contributed by atoms with Gasteiger partial charge in [-0.25, -0.2) is 8.42 Å². The van der Waals surface area contributed by atoms with Crippen LogP contribution < -0.4 is 0 Å². The zero-order valence-corrected chi connectivity index (χ0v) is 11.7. The monoisotopic (exact) mass is 284 g/mol. The van der Waals surface area contributed by atoms with Crippen LogP contribution in [-0.2, 0) is 9.84 Å². The summed E-state index contributed by atoms with van der Waals surface area (Å²) < 4.78 is 23.3. The molecule has 1 atom stereocenters. The van der Waals surface area contributed by atoms with E-state index in [4.69, 9.17) is 0 Å². The van der Waals surface area contributed by atoms with Crippen molar-refractivity contribution in [2.75, 3.05) is 16.8 Å². The minimum absolute atomic E-state index is 0.247. The summed E-state index contributed by atoms with van der Waals surface area (Å²) in [6, 6.07) is 0. The predicted molar refractivity (Wildman–Crippen MR) is 65.7 cm³/mol. The van der Waals surface area contributed by atoms with E-state index >= 15 is 0 Å². The lowest BCUT2D eigenvalue weighted by Crippen LogP contribution is -2.23. The molecule has 0 bridgehead atoms. The van der Waals surface area contributed by atoms with E-state index in [-0.39, 0.29) is 5.92 Å². The molecule has 0 amide bonds. The fraction of sp³-hybridized carbons (Fsp3) is 1.00. The van der Waals surface area contributed by atoms with Crippen molar-refractivity contribution >= 4 is 25.8 Å². The highest BCUT2D eigenvalue weighted by atomic mass is 79.9. The van der Waals surface area contributed by atoms with E-state index in [9.17, 15) is 8.42 Å². The van der Waals surface area contributed by atoms with Gasteiger partial charge >= 0.3 is 0 Å². The Labute approximate surface area is 96.5 Å². The number of hydrogen-bond donors (Lipinski definition) is 0. The van der Waals surface area contributed by atoms with Crippen LogP contribution in [-0.4, -0.2) is 25.3 Å². The zero-order chi connectivity index (χ0) is 11.2. The molecule has 0 N–H and O–H groups in total. The van der Waals surface area contributed by atoms with Crippen LogP contribution in [0.3, 0.4) is 0 Å². The molecule has 0 aliphatic carbocycles. The summed E-state index contributed by atoms with van der Waals surface area (Å²) in [7, 11) is -2.83. The Kier molecular flexibility index (Phi) is 7.04. The molecule has 0 spiro atoms. The summed E-state index contributed by atoms with van der Waals surface area (Å²) in [5, 5.41) is 0.774. The maximum absolute atomic E-state index is 11.6. The maximum Gasteiger partial charge on any atom is 0.150 e. The molecule has 0 fully saturated rings. The maximum atomic E-state index is 11.6. The van der Waals surface area contributed by atoms with Crippen molar-refractivity contribution in [2.24, 2.45) is 11.8 Å². The molecular weight excluding hydrogens is 264 g/mol. The van der Waals surface area contributed by atoms with Crippen LogP contribution in [0.15, 0.2) is 0 Å². The normalized spacial score (nSPS) is 14.6. The van der Waals surface area contributed by atoms with E-state index in [1.54, 1.807) is 0 Å². The topological polar surface area (TPSA) is 34.1 Å². The molecule has 0 aliphatic rings. The van der Waals surface area contributed by atoms with Gasteiger partial charge in [-0.15, -0.1) is 0 Å². The number of alkyl halides is 1. The lowest BCUT2D eigenvalue weighted by atomic mass is 10.0. The molecular formula is C10H21BrO2S. The van der Waals surface area contributed by atoms with Crippen molar-refractivity contribution < 1.29 is 8.42 Å². The number of sulfone groups is 1. The second kappa shape index (κ2) is 6.83. The largest absolute Gasteiger partial charge is 0.229 e. The lowest BCUT2D eigenvalue weighted by Gasteiger charge is -2.17. The van der Waals surface area contributed by atoms with Crippen LogP contribution in [0.25, 0.3) is 0 Å². The molecule has 4 heteroatoms. The first-order valence-electron chi connectivity index (χ1n) is 5.19. The van der Waals surface area contributed by atoms with Crippen molar-refractivity contribution in [1.29, 1.82) is 0 Å². The standard InChI is InChI=1S/C10H21BrO2S/c1-4-5-6-14(12,13)8-10(7-11)9(2)3/h9-10H,4-8H2,1-3H3. The van der Waals surface area contributed by atoms with Gasteiger partial charge < -0.3 is 0 Å². The molecule has 0 heterocycles. The Hall–Kier alpha value is 0.430. The van der Waals surface area contributed by atoms with Gasteiger partial charge in [0.2, 0.25) is 0 Å². The fourth-order valence-corrected chi connectivity index (χ4v) is 4.52. The van der Waals surface area contributed by atoms with E-state index in [0.29, 0.717) is 17.4 Å². The van der Waals surface area contributed by atoms with Crippen molar-refractivity contribution in [3.05, 3.63) is 0 Å². The Morgan fingerprint density at radius 2 is 1.86 bits per heavy atom. The lowest BCUT2D eigenvalue weighted by molar-refractivity contribution is 0.461. The Bertz CT molecular complexity index is 235. The van der Waals surface area contributed by atoms with Gasteiger partial charge in [0, 0.05) is 5.33 Å². The summed E-state index contributed by atoms with van der Waals surface area (Å²) >= 11 is 3.37. The summed E-state index contributed by atoms with van der Waals surface area (Å²) in [6.07, 6.45) is 1.73. The summed E-state index contributed by atoms with van der Waals surface area (Å²) in [6.45, 7) is 6.16. The van der Waals surface area contributed by atoms with Gasteiger partial charge in [-0.1, -0.05) is 43.1 Å².